The molecule has 2 aliphatic heterocycles. The molecule has 28 heavy (non-hydrogen) atoms. The summed E-state index contributed by atoms with van der Waals surface area (Å²) < 4.78 is 11.2. The van der Waals surface area contributed by atoms with Crippen molar-refractivity contribution < 1.29 is 9.47 Å². The fourth-order valence-electron chi connectivity index (χ4n) is 3.78. The monoisotopic (exact) mass is 501 g/mol. The van der Waals surface area contributed by atoms with Crippen molar-refractivity contribution in [3.8, 4) is 5.88 Å². The van der Waals surface area contributed by atoms with Crippen molar-refractivity contribution in [3.05, 3.63) is 23.9 Å². The molecule has 1 unspecified atom stereocenters. The Hall–Kier alpha value is -1.13. The van der Waals surface area contributed by atoms with Crippen LogP contribution in [0, 0.1) is 5.92 Å². The lowest BCUT2D eigenvalue weighted by atomic mass is 10.2. The van der Waals surface area contributed by atoms with E-state index in [1.165, 1.54) is 19.3 Å². The minimum atomic E-state index is 0. The predicted octanol–water partition coefficient (Wildman–Crippen LogP) is 1.97. The van der Waals surface area contributed by atoms with Gasteiger partial charge in [-0.3, -0.25) is 9.89 Å². The summed E-state index contributed by atoms with van der Waals surface area (Å²) in [5.41, 5.74) is 1.14. The van der Waals surface area contributed by atoms with Crippen molar-refractivity contribution in [1.29, 1.82) is 0 Å². The summed E-state index contributed by atoms with van der Waals surface area (Å²) in [7, 11) is 1.86. The largest absolute Gasteiger partial charge is 0.477 e. The smallest absolute Gasteiger partial charge is 0.213 e. The third kappa shape index (κ3) is 5.93. The summed E-state index contributed by atoms with van der Waals surface area (Å²) in [6.07, 6.45) is 5.67. The summed E-state index contributed by atoms with van der Waals surface area (Å²) >= 11 is 0. The lowest BCUT2D eigenvalue weighted by molar-refractivity contribution is 0.0195. The third-order valence-corrected chi connectivity index (χ3v) is 5.65. The molecule has 1 saturated carbocycles. The van der Waals surface area contributed by atoms with Crippen LogP contribution in [0.25, 0.3) is 0 Å². The number of aromatic nitrogens is 1. The highest BCUT2D eigenvalue weighted by molar-refractivity contribution is 14.0. The van der Waals surface area contributed by atoms with Crippen LogP contribution in [-0.4, -0.2) is 79.8 Å². The number of pyridine rings is 1. The maximum Gasteiger partial charge on any atom is 0.213 e. The van der Waals surface area contributed by atoms with Gasteiger partial charge in [0.25, 0.3) is 0 Å². The molecular weight excluding hydrogens is 469 g/mol. The summed E-state index contributed by atoms with van der Waals surface area (Å²) in [4.78, 5) is 13.8. The minimum Gasteiger partial charge on any atom is -0.477 e. The van der Waals surface area contributed by atoms with E-state index in [2.05, 4.69) is 31.2 Å². The second-order valence-corrected chi connectivity index (χ2v) is 7.70. The fourth-order valence-corrected chi connectivity index (χ4v) is 3.78. The van der Waals surface area contributed by atoms with Gasteiger partial charge in [0.15, 0.2) is 5.96 Å². The molecule has 3 heterocycles. The second-order valence-electron chi connectivity index (χ2n) is 7.70. The molecule has 1 aliphatic carbocycles. The summed E-state index contributed by atoms with van der Waals surface area (Å²) in [6.45, 7) is 7.42. The number of rotatable bonds is 6. The number of likely N-dealkylation sites (tertiary alicyclic amines) is 1. The molecular formula is C20H32IN5O2. The maximum absolute atomic E-state index is 5.71. The molecule has 1 aromatic rings. The first kappa shape index (κ1) is 21.6. The van der Waals surface area contributed by atoms with Crippen LogP contribution in [0.5, 0.6) is 5.88 Å². The molecule has 2 saturated heterocycles. The van der Waals surface area contributed by atoms with E-state index in [0.29, 0.717) is 6.04 Å². The summed E-state index contributed by atoms with van der Waals surface area (Å²) in [6, 6.07) is 4.65. The number of ether oxygens (including phenoxy) is 2. The van der Waals surface area contributed by atoms with Crippen LogP contribution in [0.4, 0.5) is 0 Å². The molecule has 0 amide bonds. The van der Waals surface area contributed by atoms with E-state index in [1.54, 1.807) is 0 Å². The van der Waals surface area contributed by atoms with Crippen LogP contribution in [0.3, 0.4) is 0 Å². The Labute approximate surface area is 184 Å². The SMILES string of the molecule is CN=C(NCc1ccc(OCC2CC2)nc1)N1CCC(N2CCOCC2)C1.I. The Morgan fingerprint density at radius 2 is 2.07 bits per heavy atom. The van der Waals surface area contributed by atoms with Crippen LogP contribution in [0.1, 0.15) is 24.8 Å². The standard InChI is InChI=1S/C20H31N5O2.HI/c1-21-20(25-7-6-18(14-25)24-8-10-26-11-9-24)23-13-17-4-5-19(22-12-17)27-15-16-2-3-16;/h4-5,12,16,18H,2-3,6-11,13-15H2,1H3,(H,21,23);1H. The van der Waals surface area contributed by atoms with Crippen molar-refractivity contribution in [3.63, 3.8) is 0 Å². The van der Waals surface area contributed by atoms with Crippen LogP contribution in [0.15, 0.2) is 23.3 Å². The van der Waals surface area contributed by atoms with Crippen molar-refractivity contribution >= 4 is 29.9 Å². The Morgan fingerprint density at radius 3 is 2.75 bits per heavy atom. The van der Waals surface area contributed by atoms with E-state index in [9.17, 15) is 0 Å². The number of guanidine groups is 1. The lowest BCUT2D eigenvalue weighted by Gasteiger charge is -2.32. The molecule has 0 spiro atoms. The van der Waals surface area contributed by atoms with Crippen molar-refractivity contribution in [1.82, 2.24) is 20.1 Å². The predicted molar refractivity (Wildman–Crippen MR) is 120 cm³/mol. The van der Waals surface area contributed by atoms with Gasteiger partial charge in [-0.15, -0.1) is 24.0 Å². The normalized spacial score (nSPS) is 23.4. The zero-order valence-electron chi connectivity index (χ0n) is 16.7. The van der Waals surface area contributed by atoms with Gasteiger partial charge < -0.3 is 19.7 Å². The maximum atomic E-state index is 5.71. The molecule has 3 fully saturated rings. The molecule has 156 valence electrons. The topological polar surface area (TPSA) is 62.2 Å². The highest BCUT2D eigenvalue weighted by atomic mass is 127. The van der Waals surface area contributed by atoms with Crippen LogP contribution in [0.2, 0.25) is 0 Å². The first-order valence-corrected chi connectivity index (χ1v) is 10.2. The molecule has 4 rings (SSSR count). The van der Waals surface area contributed by atoms with Gasteiger partial charge >= 0.3 is 0 Å². The Kier molecular flexibility index (Phi) is 8.16. The number of nitrogens with one attached hydrogen (secondary N) is 1. The number of halogens is 1. The van der Waals surface area contributed by atoms with Crippen molar-refractivity contribution in [2.75, 3.05) is 53.0 Å². The van der Waals surface area contributed by atoms with Gasteiger partial charge in [-0.2, -0.15) is 0 Å². The van der Waals surface area contributed by atoms with Gasteiger partial charge in [-0.1, -0.05) is 6.07 Å². The fraction of sp³-hybridized carbons (Fsp3) is 0.700. The Bertz CT molecular complexity index is 632. The van der Waals surface area contributed by atoms with E-state index < -0.39 is 0 Å². The zero-order chi connectivity index (χ0) is 18.5. The average molecular weight is 501 g/mol. The van der Waals surface area contributed by atoms with E-state index in [-0.39, 0.29) is 24.0 Å². The summed E-state index contributed by atoms with van der Waals surface area (Å²) in [5, 5.41) is 3.48. The van der Waals surface area contributed by atoms with E-state index in [4.69, 9.17) is 9.47 Å². The highest BCUT2D eigenvalue weighted by Crippen LogP contribution is 2.29. The Morgan fingerprint density at radius 1 is 1.25 bits per heavy atom. The number of nitrogens with zero attached hydrogens (tertiary/aromatic N) is 4. The number of morpholine rings is 1. The molecule has 0 aromatic carbocycles. The molecule has 0 bridgehead atoms. The van der Waals surface area contributed by atoms with Crippen LogP contribution >= 0.6 is 24.0 Å². The molecule has 0 radical (unpaired) electrons. The van der Waals surface area contributed by atoms with Gasteiger partial charge in [-0.05, 0) is 30.7 Å². The minimum absolute atomic E-state index is 0. The first-order valence-electron chi connectivity index (χ1n) is 10.2. The molecule has 3 aliphatic rings. The van der Waals surface area contributed by atoms with Gasteiger partial charge in [0.2, 0.25) is 5.88 Å². The van der Waals surface area contributed by atoms with E-state index in [0.717, 1.165) is 75.9 Å². The van der Waals surface area contributed by atoms with E-state index in [1.807, 2.05) is 19.3 Å². The van der Waals surface area contributed by atoms with Crippen LogP contribution < -0.4 is 10.1 Å². The molecule has 7 nitrogen and oxygen atoms in total. The zero-order valence-corrected chi connectivity index (χ0v) is 19.0. The Balaban J connectivity index is 0.00000225. The van der Waals surface area contributed by atoms with Gasteiger partial charge in [-0.25, -0.2) is 4.98 Å². The van der Waals surface area contributed by atoms with Gasteiger partial charge in [0.05, 0.1) is 19.8 Å². The van der Waals surface area contributed by atoms with Crippen LogP contribution in [-0.2, 0) is 11.3 Å². The molecule has 1 atom stereocenters. The quantitative estimate of drug-likeness (QED) is 0.366. The number of hydrogen-bond acceptors (Lipinski definition) is 5. The number of hydrogen-bond donors (Lipinski definition) is 1. The molecule has 1 N–H and O–H groups in total. The first-order chi connectivity index (χ1) is 13.3. The highest BCUT2D eigenvalue weighted by Gasteiger charge is 2.30. The summed E-state index contributed by atoms with van der Waals surface area (Å²) in [5.74, 6) is 2.45. The molecule has 1 aromatic heterocycles. The second kappa shape index (κ2) is 10.6. The third-order valence-electron chi connectivity index (χ3n) is 5.65. The van der Waals surface area contributed by atoms with Crippen molar-refractivity contribution in [2.45, 2.75) is 31.8 Å². The number of aliphatic imine (C=N–C) groups is 1. The molecule has 8 heteroatoms. The average Bonchev–Trinajstić information content (AvgIpc) is 3.43. The lowest BCUT2D eigenvalue weighted by Crippen LogP contribution is -2.46. The van der Waals surface area contributed by atoms with Crippen molar-refractivity contribution in [2.24, 2.45) is 10.9 Å². The van der Waals surface area contributed by atoms with Gasteiger partial charge in [0.1, 0.15) is 0 Å². The van der Waals surface area contributed by atoms with Gasteiger partial charge in [0, 0.05) is 58.1 Å². The van der Waals surface area contributed by atoms with E-state index >= 15 is 0 Å².